The Kier molecular flexibility index (Phi) is 5.06. The van der Waals surface area contributed by atoms with Gasteiger partial charge in [-0.2, -0.15) is 0 Å². The molecule has 15 heavy (non-hydrogen) atoms. The molecule has 1 aliphatic rings. The van der Waals surface area contributed by atoms with E-state index in [-0.39, 0.29) is 17.3 Å². The molecule has 0 aliphatic carbocycles. The number of carbonyl (C=O) groups is 1. The largest absolute Gasteiger partial charge is 0.396 e. The van der Waals surface area contributed by atoms with Gasteiger partial charge in [-0.15, -0.1) is 0 Å². The van der Waals surface area contributed by atoms with Gasteiger partial charge in [0, 0.05) is 19.7 Å². The van der Waals surface area contributed by atoms with Crippen molar-refractivity contribution in [2.45, 2.75) is 31.5 Å². The van der Waals surface area contributed by atoms with Crippen molar-refractivity contribution in [1.82, 2.24) is 4.90 Å². The first-order valence-electron chi connectivity index (χ1n) is 5.60. The molecule has 0 spiro atoms. The van der Waals surface area contributed by atoms with E-state index >= 15 is 0 Å². The third kappa shape index (κ3) is 3.45. The minimum atomic E-state index is -0.0645. The SMILES string of the molecule is CC(C)C(Br)C(=O)N1CCC(CCO)C1. The minimum absolute atomic E-state index is 0.0645. The average molecular weight is 278 g/mol. The van der Waals surface area contributed by atoms with Crippen molar-refractivity contribution in [2.24, 2.45) is 11.8 Å². The first-order valence-corrected chi connectivity index (χ1v) is 6.51. The third-order valence-electron chi connectivity index (χ3n) is 2.96. The molecule has 2 unspecified atom stereocenters. The summed E-state index contributed by atoms with van der Waals surface area (Å²) in [6.45, 7) is 5.97. The lowest BCUT2D eigenvalue weighted by Gasteiger charge is -2.22. The van der Waals surface area contributed by atoms with Crippen LogP contribution in [0.4, 0.5) is 0 Å². The predicted molar refractivity (Wildman–Crippen MR) is 63.9 cm³/mol. The summed E-state index contributed by atoms with van der Waals surface area (Å²) in [5, 5.41) is 8.84. The van der Waals surface area contributed by atoms with Crippen LogP contribution in [0.25, 0.3) is 0 Å². The topological polar surface area (TPSA) is 40.5 Å². The summed E-state index contributed by atoms with van der Waals surface area (Å²) >= 11 is 3.44. The van der Waals surface area contributed by atoms with Gasteiger partial charge in [-0.3, -0.25) is 4.79 Å². The molecule has 1 N–H and O–H groups in total. The summed E-state index contributed by atoms with van der Waals surface area (Å²) in [6.07, 6.45) is 1.85. The molecule has 4 heteroatoms. The lowest BCUT2D eigenvalue weighted by atomic mass is 10.1. The Morgan fingerprint density at radius 3 is 2.80 bits per heavy atom. The van der Waals surface area contributed by atoms with Crippen LogP contribution in [0, 0.1) is 11.8 Å². The first-order chi connectivity index (χ1) is 7.06. The number of halogens is 1. The van der Waals surface area contributed by atoms with E-state index in [1.165, 1.54) is 0 Å². The molecule has 2 atom stereocenters. The van der Waals surface area contributed by atoms with Gasteiger partial charge in [0.1, 0.15) is 0 Å². The van der Waals surface area contributed by atoms with Gasteiger partial charge in [0.05, 0.1) is 4.83 Å². The van der Waals surface area contributed by atoms with E-state index in [1.807, 2.05) is 18.7 Å². The molecular formula is C11H20BrNO2. The Hall–Kier alpha value is -0.0900. The van der Waals surface area contributed by atoms with E-state index in [0.29, 0.717) is 11.8 Å². The summed E-state index contributed by atoms with van der Waals surface area (Å²) in [7, 11) is 0. The molecule has 0 aromatic heterocycles. The van der Waals surface area contributed by atoms with Crippen LogP contribution in [0.1, 0.15) is 26.7 Å². The van der Waals surface area contributed by atoms with Crippen LogP contribution in [0.5, 0.6) is 0 Å². The van der Waals surface area contributed by atoms with Gasteiger partial charge in [-0.25, -0.2) is 0 Å². The predicted octanol–water partition coefficient (Wildman–Crippen LogP) is 1.64. The van der Waals surface area contributed by atoms with E-state index < -0.39 is 0 Å². The Morgan fingerprint density at radius 2 is 2.27 bits per heavy atom. The highest BCUT2D eigenvalue weighted by Gasteiger charge is 2.30. The maximum Gasteiger partial charge on any atom is 0.236 e. The molecular weight excluding hydrogens is 258 g/mol. The number of alkyl halides is 1. The highest BCUT2D eigenvalue weighted by molar-refractivity contribution is 9.10. The van der Waals surface area contributed by atoms with Crippen LogP contribution < -0.4 is 0 Å². The van der Waals surface area contributed by atoms with Gasteiger partial charge in [-0.1, -0.05) is 29.8 Å². The number of nitrogens with zero attached hydrogens (tertiary/aromatic N) is 1. The van der Waals surface area contributed by atoms with Crippen LogP contribution in [0.3, 0.4) is 0 Å². The Labute approximate surface area is 100.0 Å². The van der Waals surface area contributed by atoms with Gasteiger partial charge >= 0.3 is 0 Å². The summed E-state index contributed by atoms with van der Waals surface area (Å²) in [6, 6.07) is 0. The molecule has 1 fully saturated rings. The van der Waals surface area contributed by atoms with Crippen molar-refractivity contribution >= 4 is 21.8 Å². The highest BCUT2D eigenvalue weighted by Crippen LogP contribution is 2.23. The van der Waals surface area contributed by atoms with Crippen LogP contribution in [-0.4, -0.2) is 40.4 Å². The van der Waals surface area contributed by atoms with Crippen molar-refractivity contribution < 1.29 is 9.90 Å². The molecule has 0 saturated carbocycles. The van der Waals surface area contributed by atoms with Crippen molar-refractivity contribution in [1.29, 1.82) is 0 Å². The molecule has 0 bridgehead atoms. The number of rotatable bonds is 4. The zero-order chi connectivity index (χ0) is 11.4. The second-order valence-electron chi connectivity index (χ2n) is 4.60. The van der Waals surface area contributed by atoms with Crippen LogP contribution in [-0.2, 0) is 4.79 Å². The standard InChI is InChI=1S/C11H20BrNO2/c1-8(2)10(12)11(15)13-5-3-9(7-13)4-6-14/h8-10,14H,3-7H2,1-2H3. The fourth-order valence-electron chi connectivity index (χ4n) is 1.91. The van der Waals surface area contributed by atoms with E-state index in [1.54, 1.807) is 0 Å². The van der Waals surface area contributed by atoms with Gasteiger partial charge in [-0.05, 0) is 24.7 Å². The number of likely N-dealkylation sites (tertiary alicyclic amines) is 1. The molecule has 1 amide bonds. The zero-order valence-corrected chi connectivity index (χ0v) is 11.0. The van der Waals surface area contributed by atoms with E-state index in [2.05, 4.69) is 15.9 Å². The van der Waals surface area contributed by atoms with Gasteiger partial charge < -0.3 is 10.0 Å². The summed E-state index contributed by atoms with van der Waals surface area (Å²) in [5.74, 6) is 1.02. The normalized spacial score (nSPS) is 23.5. The number of aliphatic hydroxyl groups is 1. The van der Waals surface area contributed by atoms with E-state index in [4.69, 9.17) is 5.11 Å². The number of hydrogen-bond donors (Lipinski definition) is 1. The van der Waals surface area contributed by atoms with E-state index in [0.717, 1.165) is 25.9 Å². The van der Waals surface area contributed by atoms with Crippen molar-refractivity contribution in [3.05, 3.63) is 0 Å². The molecule has 3 nitrogen and oxygen atoms in total. The molecule has 88 valence electrons. The van der Waals surface area contributed by atoms with Gasteiger partial charge in [0.15, 0.2) is 0 Å². The van der Waals surface area contributed by atoms with Crippen LogP contribution >= 0.6 is 15.9 Å². The number of aliphatic hydroxyl groups excluding tert-OH is 1. The first kappa shape index (κ1) is 13.0. The lowest BCUT2D eigenvalue weighted by molar-refractivity contribution is -0.130. The average Bonchev–Trinajstić information content (AvgIpc) is 2.64. The number of amides is 1. The minimum Gasteiger partial charge on any atom is -0.396 e. The molecule has 0 aromatic rings. The molecule has 1 saturated heterocycles. The molecule has 0 radical (unpaired) electrons. The van der Waals surface area contributed by atoms with Crippen molar-refractivity contribution in [3.8, 4) is 0 Å². The Morgan fingerprint density at radius 1 is 1.60 bits per heavy atom. The lowest BCUT2D eigenvalue weighted by Crippen LogP contribution is -2.37. The molecule has 1 rings (SSSR count). The maximum atomic E-state index is 12.0. The van der Waals surface area contributed by atoms with Crippen molar-refractivity contribution in [3.63, 3.8) is 0 Å². The molecule has 1 aliphatic heterocycles. The fourth-order valence-corrected chi connectivity index (χ4v) is 2.20. The molecule has 0 aromatic carbocycles. The number of hydrogen-bond acceptors (Lipinski definition) is 2. The fraction of sp³-hybridized carbons (Fsp3) is 0.909. The number of carbonyl (C=O) groups excluding carboxylic acids is 1. The second-order valence-corrected chi connectivity index (χ2v) is 5.58. The smallest absolute Gasteiger partial charge is 0.236 e. The van der Waals surface area contributed by atoms with E-state index in [9.17, 15) is 4.79 Å². The third-order valence-corrected chi connectivity index (χ3v) is 4.41. The zero-order valence-electron chi connectivity index (χ0n) is 9.45. The summed E-state index contributed by atoms with van der Waals surface area (Å²) in [4.78, 5) is 13.8. The van der Waals surface area contributed by atoms with Crippen molar-refractivity contribution in [2.75, 3.05) is 19.7 Å². The molecule has 1 heterocycles. The quantitative estimate of drug-likeness (QED) is 0.794. The highest BCUT2D eigenvalue weighted by atomic mass is 79.9. The van der Waals surface area contributed by atoms with Crippen LogP contribution in [0.15, 0.2) is 0 Å². The summed E-state index contributed by atoms with van der Waals surface area (Å²) < 4.78 is 0. The summed E-state index contributed by atoms with van der Waals surface area (Å²) in [5.41, 5.74) is 0. The maximum absolute atomic E-state index is 12.0. The Balaban J connectivity index is 2.43. The Bertz CT molecular complexity index is 221. The van der Waals surface area contributed by atoms with Gasteiger partial charge in [0.25, 0.3) is 0 Å². The monoisotopic (exact) mass is 277 g/mol. The van der Waals surface area contributed by atoms with Gasteiger partial charge in [0.2, 0.25) is 5.91 Å². The second kappa shape index (κ2) is 5.85. The van der Waals surface area contributed by atoms with Crippen LogP contribution in [0.2, 0.25) is 0 Å².